The minimum absolute atomic E-state index is 0.341. The van der Waals surface area contributed by atoms with E-state index in [4.69, 9.17) is 11.6 Å². The molecular formula is C24H27ClN2O2. The number of carboxylic acid groups (broad SMARTS) is 1. The number of hydrogen-bond acceptors (Lipinski definition) is 2. The number of nitrogens with zero attached hydrogens (tertiary/aromatic N) is 1. The Morgan fingerprint density at radius 1 is 1.07 bits per heavy atom. The van der Waals surface area contributed by atoms with Gasteiger partial charge in [0.05, 0.1) is 5.69 Å². The largest absolute Gasteiger partial charge is 0.477 e. The van der Waals surface area contributed by atoms with E-state index in [1.807, 2.05) is 47.0 Å². The van der Waals surface area contributed by atoms with Crippen molar-refractivity contribution >= 4 is 28.3 Å². The average Bonchev–Trinajstić information content (AvgIpc) is 3.06. The molecule has 0 bridgehead atoms. The van der Waals surface area contributed by atoms with Gasteiger partial charge in [-0.3, -0.25) is 0 Å². The number of halogens is 1. The van der Waals surface area contributed by atoms with Gasteiger partial charge in [-0.1, -0.05) is 67.3 Å². The van der Waals surface area contributed by atoms with E-state index in [1.165, 1.54) is 32.1 Å². The Kier molecular flexibility index (Phi) is 6.22. The topological polar surface area (TPSA) is 54.3 Å². The summed E-state index contributed by atoms with van der Waals surface area (Å²) in [6, 6.07) is 16.1. The highest BCUT2D eigenvalue weighted by molar-refractivity contribution is 6.31. The van der Waals surface area contributed by atoms with E-state index in [0.29, 0.717) is 23.3 Å². The lowest BCUT2D eigenvalue weighted by Crippen LogP contribution is -2.32. The van der Waals surface area contributed by atoms with Gasteiger partial charge in [-0.25, -0.2) is 4.79 Å². The van der Waals surface area contributed by atoms with Gasteiger partial charge in [0.15, 0.2) is 0 Å². The van der Waals surface area contributed by atoms with E-state index in [0.717, 1.165) is 35.0 Å². The Balaban J connectivity index is 1.67. The van der Waals surface area contributed by atoms with Crippen LogP contribution in [0.5, 0.6) is 0 Å². The number of aromatic carboxylic acids is 1. The molecule has 1 saturated carbocycles. The number of nitrogens with one attached hydrogen (secondary N) is 1. The van der Waals surface area contributed by atoms with Crippen LogP contribution < -0.4 is 5.32 Å². The molecule has 152 valence electrons. The Labute approximate surface area is 176 Å². The van der Waals surface area contributed by atoms with E-state index in [2.05, 4.69) is 5.32 Å². The first-order valence-electron chi connectivity index (χ1n) is 10.5. The van der Waals surface area contributed by atoms with Gasteiger partial charge >= 0.3 is 5.97 Å². The maximum atomic E-state index is 12.2. The van der Waals surface area contributed by atoms with Gasteiger partial charge in [0, 0.05) is 28.4 Å². The SMILES string of the molecule is O=C(O)c1c2ccc(Cl)cc2c(-c2ccccc2)n1CCCNC1CCCCC1. The highest BCUT2D eigenvalue weighted by atomic mass is 35.5. The first-order chi connectivity index (χ1) is 14.1. The van der Waals surface area contributed by atoms with Gasteiger partial charge in [0.1, 0.15) is 5.69 Å². The average molecular weight is 411 g/mol. The van der Waals surface area contributed by atoms with Gasteiger partial charge < -0.3 is 15.0 Å². The van der Waals surface area contributed by atoms with Crippen LogP contribution in [-0.2, 0) is 6.54 Å². The number of benzene rings is 2. The molecule has 0 atom stereocenters. The summed E-state index contributed by atoms with van der Waals surface area (Å²) in [7, 11) is 0. The molecule has 2 N–H and O–H groups in total. The second kappa shape index (κ2) is 9.02. The standard InChI is InChI=1S/C24H27ClN2O2/c25-18-12-13-20-21(16-18)22(17-8-3-1-4-9-17)27(23(20)24(28)29)15-7-14-26-19-10-5-2-6-11-19/h1,3-4,8-9,12-13,16,19,26H,2,5-7,10-11,14-15H2,(H,28,29). The second-order valence-electron chi connectivity index (χ2n) is 7.85. The highest BCUT2D eigenvalue weighted by Crippen LogP contribution is 2.36. The van der Waals surface area contributed by atoms with Crippen molar-refractivity contribution in [2.24, 2.45) is 0 Å². The summed E-state index contributed by atoms with van der Waals surface area (Å²) >= 11 is 6.27. The number of fused-ring (bicyclic) bond motifs is 1. The predicted molar refractivity (Wildman–Crippen MR) is 119 cm³/mol. The van der Waals surface area contributed by atoms with Crippen molar-refractivity contribution in [3.05, 3.63) is 59.2 Å². The van der Waals surface area contributed by atoms with Gasteiger partial charge in [0.25, 0.3) is 0 Å². The van der Waals surface area contributed by atoms with Gasteiger partial charge in [0.2, 0.25) is 0 Å². The maximum Gasteiger partial charge on any atom is 0.353 e. The molecule has 3 aromatic rings. The van der Waals surface area contributed by atoms with E-state index in [1.54, 1.807) is 6.07 Å². The van der Waals surface area contributed by atoms with Gasteiger partial charge in [-0.2, -0.15) is 0 Å². The number of hydrogen-bond donors (Lipinski definition) is 2. The fraction of sp³-hybridized carbons (Fsp3) is 0.375. The summed E-state index contributed by atoms with van der Waals surface area (Å²) < 4.78 is 1.96. The van der Waals surface area contributed by atoms with E-state index >= 15 is 0 Å². The molecule has 4 rings (SSSR count). The molecule has 0 aliphatic heterocycles. The van der Waals surface area contributed by atoms with Crippen LogP contribution in [-0.4, -0.2) is 28.2 Å². The molecule has 0 radical (unpaired) electrons. The van der Waals surface area contributed by atoms with Crippen LogP contribution in [0.25, 0.3) is 22.0 Å². The Morgan fingerprint density at radius 3 is 2.55 bits per heavy atom. The maximum absolute atomic E-state index is 12.2. The minimum atomic E-state index is -0.903. The minimum Gasteiger partial charge on any atom is -0.477 e. The summed E-state index contributed by atoms with van der Waals surface area (Å²) in [5.74, 6) is -0.903. The van der Waals surface area contributed by atoms with Crippen molar-refractivity contribution in [2.75, 3.05) is 6.54 Å². The highest BCUT2D eigenvalue weighted by Gasteiger charge is 2.23. The molecule has 0 unspecified atom stereocenters. The lowest BCUT2D eigenvalue weighted by Gasteiger charge is -2.23. The first-order valence-corrected chi connectivity index (χ1v) is 10.9. The summed E-state index contributed by atoms with van der Waals surface area (Å²) in [6.45, 7) is 1.55. The molecular weight excluding hydrogens is 384 g/mol. The third-order valence-corrected chi connectivity index (χ3v) is 6.11. The molecule has 1 aliphatic rings. The second-order valence-corrected chi connectivity index (χ2v) is 8.29. The zero-order valence-electron chi connectivity index (χ0n) is 16.5. The first kappa shape index (κ1) is 20.0. The Morgan fingerprint density at radius 2 is 1.83 bits per heavy atom. The summed E-state index contributed by atoms with van der Waals surface area (Å²) in [5, 5.41) is 15.9. The molecule has 0 amide bonds. The van der Waals surface area contributed by atoms with Gasteiger partial charge in [-0.05, 0) is 43.5 Å². The molecule has 0 saturated heterocycles. The van der Waals surface area contributed by atoms with Crippen LogP contribution in [0.2, 0.25) is 5.02 Å². The van der Waals surface area contributed by atoms with Crippen molar-refractivity contribution in [2.45, 2.75) is 51.1 Å². The van der Waals surface area contributed by atoms with E-state index < -0.39 is 5.97 Å². The quantitative estimate of drug-likeness (QED) is 0.471. The Hall–Kier alpha value is -2.30. The van der Waals surface area contributed by atoms with Crippen LogP contribution in [0.1, 0.15) is 49.0 Å². The molecule has 0 spiro atoms. The van der Waals surface area contributed by atoms with Crippen molar-refractivity contribution < 1.29 is 9.90 Å². The number of aromatic nitrogens is 1. The van der Waals surface area contributed by atoms with Crippen LogP contribution in [0.4, 0.5) is 0 Å². The fourth-order valence-corrected chi connectivity index (χ4v) is 4.71. The molecule has 1 aromatic heterocycles. The molecule has 1 fully saturated rings. The van der Waals surface area contributed by atoms with Gasteiger partial charge in [-0.15, -0.1) is 0 Å². The normalized spacial score (nSPS) is 15.1. The lowest BCUT2D eigenvalue weighted by molar-refractivity contribution is 0.0687. The summed E-state index contributed by atoms with van der Waals surface area (Å²) in [4.78, 5) is 12.2. The molecule has 5 heteroatoms. The third-order valence-electron chi connectivity index (χ3n) is 5.88. The molecule has 4 nitrogen and oxygen atoms in total. The zero-order chi connectivity index (χ0) is 20.2. The monoisotopic (exact) mass is 410 g/mol. The van der Waals surface area contributed by atoms with Crippen molar-refractivity contribution in [3.63, 3.8) is 0 Å². The van der Waals surface area contributed by atoms with Crippen LogP contribution in [0.15, 0.2) is 48.5 Å². The smallest absolute Gasteiger partial charge is 0.353 e. The lowest BCUT2D eigenvalue weighted by atomic mass is 9.95. The molecule has 29 heavy (non-hydrogen) atoms. The number of rotatable bonds is 7. The van der Waals surface area contributed by atoms with Crippen molar-refractivity contribution in [1.29, 1.82) is 0 Å². The van der Waals surface area contributed by atoms with E-state index in [9.17, 15) is 9.90 Å². The molecule has 1 aliphatic carbocycles. The molecule has 1 heterocycles. The number of carboxylic acids is 1. The van der Waals surface area contributed by atoms with Crippen LogP contribution in [0.3, 0.4) is 0 Å². The molecule has 2 aromatic carbocycles. The Bertz CT molecular complexity index is 991. The summed E-state index contributed by atoms with van der Waals surface area (Å²) in [6.07, 6.45) is 7.35. The van der Waals surface area contributed by atoms with Crippen molar-refractivity contribution in [1.82, 2.24) is 9.88 Å². The van der Waals surface area contributed by atoms with Crippen molar-refractivity contribution in [3.8, 4) is 11.3 Å². The van der Waals surface area contributed by atoms with E-state index in [-0.39, 0.29) is 0 Å². The van der Waals surface area contributed by atoms with Crippen LogP contribution in [0, 0.1) is 0 Å². The number of carbonyl (C=O) groups is 1. The third kappa shape index (κ3) is 4.34. The predicted octanol–water partition coefficient (Wildman–Crippen LogP) is 5.97. The zero-order valence-corrected chi connectivity index (χ0v) is 17.3. The summed E-state index contributed by atoms with van der Waals surface area (Å²) in [5.41, 5.74) is 2.28. The van der Waals surface area contributed by atoms with Crippen LogP contribution >= 0.6 is 11.6 Å². The fourth-order valence-electron chi connectivity index (χ4n) is 4.53.